The summed E-state index contributed by atoms with van der Waals surface area (Å²) in [5, 5.41) is 10.5. The number of aromatic nitrogens is 2. The van der Waals surface area contributed by atoms with Crippen LogP contribution in [0.3, 0.4) is 0 Å². The molecular formula is C12H7N3O4. The van der Waals surface area contributed by atoms with Gasteiger partial charge in [-0.2, -0.15) is 0 Å². The Bertz CT molecular complexity index is 790. The second-order valence-corrected chi connectivity index (χ2v) is 3.54. The normalized spacial score (nSPS) is 9.47. The molecular weight excluding hydrogens is 250 g/mol. The lowest BCUT2D eigenvalue weighted by Gasteiger charge is -1.91. The number of benzene rings is 1. The number of nitro benzene ring substituents is 1. The van der Waals surface area contributed by atoms with Crippen molar-refractivity contribution in [3.8, 4) is 11.8 Å². The van der Waals surface area contributed by atoms with E-state index >= 15 is 0 Å². The fourth-order valence-electron chi connectivity index (χ4n) is 1.31. The average Bonchev–Trinajstić information content (AvgIpc) is 2.38. The molecule has 1 aromatic carbocycles. The standard InChI is InChI=1S/C12H7N3O4/c16-11-9(7-13-12(17)14-11)4-1-8-2-5-10(6-3-8)15(18)19/h2-3,5-7H,(H2,13,14,16,17). The molecule has 7 nitrogen and oxygen atoms in total. The minimum atomic E-state index is -0.606. The summed E-state index contributed by atoms with van der Waals surface area (Å²) < 4.78 is 0. The van der Waals surface area contributed by atoms with Gasteiger partial charge >= 0.3 is 5.69 Å². The third-order valence-electron chi connectivity index (χ3n) is 2.24. The Morgan fingerprint density at radius 3 is 2.37 bits per heavy atom. The SMILES string of the molecule is O=c1[nH]cc(C#Cc2ccc([N+](=O)[O-])cc2)c(=O)[nH]1. The maximum atomic E-state index is 11.3. The molecule has 1 heterocycles. The molecule has 0 saturated carbocycles. The zero-order chi connectivity index (χ0) is 13.8. The number of nitrogens with one attached hydrogen (secondary N) is 2. The summed E-state index contributed by atoms with van der Waals surface area (Å²) in [7, 11) is 0. The molecule has 94 valence electrons. The average molecular weight is 257 g/mol. The highest BCUT2D eigenvalue weighted by molar-refractivity contribution is 5.44. The van der Waals surface area contributed by atoms with Gasteiger partial charge in [0.1, 0.15) is 5.56 Å². The van der Waals surface area contributed by atoms with E-state index in [0.717, 1.165) is 0 Å². The van der Waals surface area contributed by atoms with Crippen molar-refractivity contribution >= 4 is 5.69 Å². The van der Waals surface area contributed by atoms with E-state index in [2.05, 4.69) is 16.8 Å². The summed E-state index contributed by atoms with van der Waals surface area (Å²) in [5.74, 6) is 5.24. The van der Waals surface area contributed by atoms with Crippen molar-refractivity contribution in [2.24, 2.45) is 0 Å². The minimum Gasteiger partial charge on any atom is -0.313 e. The second kappa shape index (κ2) is 5.01. The third kappa shape index (κ3) is 2.95. The zero-order valence-corrected chi connectivity index (χ0v) is 9.47. The van der Waals surface area contributed by atoms with Gasteiger partial charge in [-0.15, -0.1) is 0 Å². The second-order valence-electron chi connectivity index (χ2n) is 3.54. The first-order valence-corrected chi connectivity index (χ1v) is 5.15. The van der Waals surface area contributed by atoms with Crippen LogP contribution in [0.4, 0.5) is 5.69 Å². The molecule has 0 bridgehead atoms. The van der Waals surface area contributed by atoms with Crippen LogP contribution in [0.5, 0.6) is 0 Å². The van der Waals surface area contributed by atoms with E-state index in [1.165, 1.54) is 30.5 Å². The van der Waals surface area contributed by atoms with Gasteiger partial charge in [0.15, 0.2) is 0 Å². The molecule has 2 aromatic rings. The molecule has 0 atom stereocenters. The number of hydrogen-bond donors (Lipinski definition) is 2. The topological polar surface area (TPSA) is 109 Å². The molecule has 0 aliphatic carbocycles. The van der Waals surface area contributed by atoms with E-state index in [-0.39, 0.29) is 11.3 Å². The number of nitro groups is 1. The van der Waals surface area contributed by atoms with Gasteiger partial charge in [0.05, 0.1) is 4.92 Å². The van der Waals surface area contributed by atoms with E-state index in [1.807, 2.05) is 4.98 Å². The molecule has 2 rings (SSSR count). The van der Waals surface area contributed by atoms with Gasteiger partial charge in [0.2, 0.25) is 0 Å². The summed E-state index contributed by atoms with van der Waals surface area (Å²) >= 11 is 0. The van der Waals surface area contributed by atoms with Gasteiger partial charge in [0, 0.05) is 23.9 Å². The van der Waals surface area contributed by atoms with Crippen LogP contribution in [0.15, 0.2) is 40.1 Å². The van der Waals surface area contributed by atoms with Gasteiger partial charge in [-0.3, -0.25) is 19.9 Å². The molecule has 0 aliphatic rings. The maximum Gasteiger partial charge on any atom is 0.325 e. The zero-order valence-electron chi connectivity index (χ0n) is 9.47. The summed E-state index contributed by atoms with van der Waals surface area (Å²) in [6.45, 7) is 0. The molecule has 0 fully saturated rings. The van der Waals surface area contributed by atoms with E-state index in [1.54, 1.807) is 0 Å². The van der Waals surface area contributed by atoms with Gasteiger partial charge in [-0.25, -0.2) is 4.79 Å². The van der Waals surface area contributed by atoms with Crippen LogP contribution in [0.2, 0.25) is 0 Å². The smallest absolute Gasteiger partial charge is 0.313 e. The maximum absolute atomic E-state index is 11.3. The molecule has 0 unspecified atom stereocenters. The van der Waals surface area contributed by atoms with E-state index < -0.39 is 16.2 Å². The van der Waals surface area contributed by atoms with Crippen molar-refractivity contribution in [1.29, 1.82) is 0 Å². The Morgan fingerprint density at radius 2 is 1.79 bits per heavy atom. The summed E-state index contributed by atoms with van der Waals surface area (Å²) in [5.41, 5.74) is -0.592. The largest absolute Gasteiger partial charge is 0.325 e. The molecule has 2 N–H and O–H groups in total. The third-order valence-corrected chi connectivity index (χ3v) is 2.24. The van der Waals surface area contributed by atoms with Crippen LogP contribution < -0.4 is 11.2 Å². The van der Waals surface area contributed by atoms with Gasteiger partial charge in [-0.1, -0.05) is 11.8 Å². The Balaban J connectivity index is 2.31. The van der Waals surface area contributed by atoms with Crippen molar-refractivity contribution in [1.82, 2.24) is 9.97 Å². The lowest BCUT2D eigenvalue weighted by Crippen LogP contribution is -2.23. The number of rotatable bonds is 1. The summed E-state index contributed by atoms with van der Waals surface area (Å²) in [6, 6.07) is 5.60. The highest BCUT2D eigenvalue weighted by Gasteiger charge is 2.02. The number of H-pyrrole nitrogens is 2. The summed E-state index contributed by atoms with van der Waals surface area (Å²) in [6.07, 6.45) is 1.21. The van der Waals surface area contributed by atoms with Crippen molar-refractivity contribution in [2.45, 2.75) is 0 Å². The highest BCUT2D eigenvalue weighted by atomic mass is 16.6. The molecule has 0 saturated heterocycles. The van der Waals surface area contributed by atoms with Gasteiger partial charge in [-0.05, 0) is 12.1 Å². The number of nitrogens with zero attached hydrogens (tertiary/aromatic N) is 1. The van der Waals surface area contributed by atoms with Gasteiger partial charge in [0.25, 0.3) is 11.2 Å². The van der Waals surface area contributed by atoms with Gasteiger partial charge < -0.3 is 4.98 Å². The Kier molecular flexibility index (Phi) is 3.25. The first-order valence-electron chi connectivity index (χ1n) is 5.15. The Morgan fingerprint density at radius 1 is 1.11 bits per heavy atom. The number of hydrogen-bond acceptors (Lipinski definition) is 4. The molecule has 0 spiro atoms. The first kappa shape index (κ1) is 12.3. The fraction of sp³-hybridized carbons (Fsp3) is 0. The predicted octanol–water partition coefficient (Wildman–Crippen LogP) is 0.371. The molecule has 1 aromatic heterocycles. The van der Waals surface area contributed by atoms with Crippen LogP contribution in [-0.4, -0.2) is 14.9 Å². The number of aromatic amines is 2. The highest BCUT2D eigenvalue weighted by Crippen LogP contribution is 2.10. The van der Waals surface area contributed by atoms with Crippen molar-refractivity contribution in [3.63, 3.8) is 0 Å². The molecule has 7 heteroatoms. The quantitative estimate of drug-likeness (QED) is 0.437. The molecule has 0 amide bonds. The minimum absolute atomic E-state index is 0.0348. The molecule has 0 radical (unpaired) electrons. The van der Waals surface area contributed by atoms with Crippen LogP contribution >= 0.6 is 0 Å². The number of non-ortho nitro benzene ring substituents is 1. The summed E-state index contributed by atoms with van der Waals surface area (Å²) in [4.78, 5) is 36.4. The van der Waals surface area contributed by atoms with E-state index in [9.17, 15) is 19.7 Å². The monoisotopic (exact) mass is 257 g/mol. The predicted molar refractivity (Wildman–Crippen MR) is 66.8 cm³/mol. The van der Waals surface area contributed by atoms with Crippen LogP contribution in [-0.2, 0) is 0 Å². The van der Waals surface area contributed by atoms with Crippen molar-refractivity contribution in [3.05, 3.63) is 72.5 Å². The molecule has 19 heavy (non-hydrogen) atoms. The Labute approximate surface area is 106 Å². The lowest BCUT2D eigenvalue weighted by atomic mass is 10.2. The van der Waals surface area contributed by atoms with Crippen LogP contribution in [0, 0.1) is 22.0 Å². The molecule has 0 aliphatic heterocycles. The van der Waals surface area contributed by atoms with Crippen molar-refractivity contribution in [2.75, 3.05) is 0 Å². The van der Waals surface area contributed by atoms with E-state index in [0.29, 0.717) is 5.56 Å². The van der Waals surface area contributed by atoms with E-state index in [4.69, 9.17) is 0 Å². The first-order chi connectivity index (χ1) is 9.06. The lowest BCUT2D eigenvalue weighted by molar-refractivity contribution is -0.384. The van der Waals surface area contributed by atoms with Crippen LogP contribution in [0.1, 0.15) is 11.1 Å². The van der Waals surface area contributed by atoms with Crippen LogP contribution in [0.25, 0.3) is 0 Å². The Hall–Kier alpha value is -3.14. The fourth-order valence-corrected chi connectivity index (χ4v) is 1.31. The van der Waals surface area contributed by atoms with Crippen molar-refractivity contribution < 1.29 is 4.92 Å².